The molecule has 1 heterocycles. The second-order valence-corrected chi connectivity index (χ2v) is 4.97. The Balaban J connectivity index is 2.76. The maximum atomic E-state index is 12.6. The van der Waals surface area contributed by atoms with Gasteiger partial charge in [-0.2, -0.15) is 0 Å². The number of rotatable bonds is 4. The molecule has 1 aromatic heterocycles. The number of methoxy groups -OCH3 is 1. The number of anilines is 1. The van der Waals surface area contributed by atoms with Crippen molar-refractivity contribution in [1.82, 2.24) is 4.98 Å². The van der Waals surface area contributed by atoms with Crippen molar-refractivity contribution in [2.45, 2.75) is 0 Å². The molecule has 0 aliphatic heterocycles. The second-order valence-electron chi connectivity index (χ2n) is 4.13. The van der Waals surface area contributed by atoms with Gasteiger partial charge in [0.1, 0.15) is 5.75 Å². The highest BCUT2D eigenvalue weighted by Gasteiger charge is 2.22. The van der Waals surface area contributed by atoms with E-state index in [1.165, 1.54) is 25.4 Å². The van der Waals surface area contributed by atoms with Gasteiger partial charge in [-0.25, -0.2) is 14.2 Å². The van der Waals surface area contributed by atoms with E-state index in [2.05, 4.69) is 9.72 Å². The Morgan fingerprint density at radius 2 is 2.14 bits per heavy atom. The predicted octanol–water partition coefficient (Wildman–Crippen LogP) is 3.73. The van der Waals surface area contributed by atoms with Gasteiger partial charge in [0.15, 0.2) is 5.69 Å². The van der Waals surface area contributed by atoms with E-state index >= 15 is 0 Å². The van der Waals surface area contributed by atoms with Crippen LogP contribution in [0.3, 0.4) is 0 Å². The molecule has 1 aromatic carbocycles. The molecule has 0 bridgehead atoms. The van der Waals surface area contributed by atoms with Crippen molar-refractivity contribution < 1.29 is 18.7 Å². The molecule has 2 N–H and O–H groups in total. The number of carbonyl (C=O) groups excluding carboxylic acids is 1. The van der Waals surface area contributed by atoms with Crippen LogP contribution in [-0.2, 0) is 4.74 Å². The second kappa shape index (κ2) is 6.81. The molecule has 116 valence electrons. The van der Waals surface area contributed by atoms with Crippen molar-refractivity contribution in [1.29, 1.82) is 0 Å². The van der Waals surface area contributed by atoms with E-state index < -0.39 is 12.8 Å². The molecule has 0 spiro atoms. The van der Waals surface area contributed by atoms with Crippen LogP contribution in [0, 0.1) is 0 Å². The van der Waals surface area contributed by atoms with Crippen molar-refractivity contribution in [3.05, 3.63) is 40.1 Å². The molecule has 22 heavy (non-hydrogen) atoms. The summed E-state index contributed by atoms with van der Waals surface area (Å²) in [4.78, 5) is 15.8. The predicted molar refractivity (Wildman–Crippen MR) is 82.0 cm³/mol. The third-order valence-electron chi connectivity index (χ3n) is 2.87. The third-order valence-corrected chi connectivity index (χ3v) is 3.41. The molecule has 0 saturated heterocycles. The molecule has 0 aliphatic carbocycles. The Kier molecular flexibility index (Phi) is 5.05. The first-order valence-corrected chi connectivity index (χ1v) is 6.76. The lowest BCUT2D eigenvalue weighted by Gasteiger charge is -2.15. The van der Waals surface area contributed by atoms with E-state index in [9.17, 15) is 9.18 Å². The average Bonchev–Trinajstić information content (AvgIpc) is 2.50. The Labute approximate surface area is 135 Å². The van der Waals surface area contributed by atoms with Gasteiger partial charge in [-0.05, 0) is 18.2 Å². The number of esters is 1. The Morgan fingerprint density at radius 3 is 2.77 bits per heavy atom. The summed E-state index contributed by atoms with van der Waals surface area (Å²) in [6.07, 6.45) is 1.23. The molecular formula is C14H11Cl2FN2O3. The summed E-state index contributed by atoms with van der Waals surface area (Å²) in [5.41, 5.74) is 6.51. The van der Waals surface area contributed by atoms with Gasteiger partial charge in [0.2, 0.25) is 6.86 Å². The lowest BCUT2D eigenvalue weighted by Crippen LogP contribution is -2.09. The van der Waals surface area contributed by atoms with Crippen LogP contribution in [0.4, 0.5) is 10.1 Å². The highest BCUT2D eigenvalue weighted by Crippen LogP contribution is 2.40. The Bertz CT molecular complexity index is 725. The van der Waals surface area contributed by atoms with Gasteiger partial charge in [-0.3, -0.25) is 0 Å². The smallest absolute Gasteiger partial charge is 0.357 e. The fraction of sp³-hybridized carbons (Fsp3) is 0.143. The van der Waals surface area contributed by atoms with Gasteiger partial charge < -0.3 is 15.2 Å². The van der Waals surface area contributed by atoms with Gasteiger partial charge in [-0.15, -0.1) is 0 Å². The van der Waals surface area contributed by atoms with Gasteiger partial charge in [0.05, 0.1) is 17.8 Å². The van der Waals surface area contributed by atoms with Crippen LogP contribution in [0.25, 0.3) is 11.1 Å². The van der Waals surface area contributed by atoms with Crippen molar-refractivity contribution >= 4 is 34.9 Å². The number of alkyl halides is 1. The Morgan fingerprint density at radius 1 is 1.41 bits per heavy atom. The van der Waals surface area contributed by atoms with Gasteiger partial charge in [0, 0.05) is 22.3 Å². The zero-order valence-corrected chi connectivity index (χ0v) is 12.9. The summed E-state index contributed by atoms with van der Waals surface area (Å²) < 4.78 is 22.2. The fourth-order valence-corrected chi connectivity index (χ4v) is 2.21. The summed E-state index contributed by atoms with van der Waals surface area (Å²) in [5, 5.41) is 0.476. The van der Waals surface area contributed by atoms with Crippen LogP contribution in [0.2, 0.25) is 10.0 Å². The maximum Gasteiger partial charge on any atom is 0.357 e. The minimum atomic E-state index is -1.07. The summed E-state index contributed by atoms with van der Waals surface area (Å²) in [5.74, 6) is -0.601. The largest absolute Gasteiger partial charge is 0.464 e. The van der Waals surface area contributed by atoms with Crippen LogP contribution < -0.4 is 10.5 Å². The maximum absolute atomic E-state index is 12.6. The zero-order valence-electron chi connectivity index (χ0n) is 11.4. The van der Waals surface area contributed by atoms with Crippen LogP contribution in [0.15, 0.2) is 24.4 Å². The number of hydrogen-bond donors (Lipinski definition) is 1. The molecule has 0 saturated carbocycles. The number of nitrogens with two attached hydrogens (primary N) is 1. The molecular weight excluding hydrogens is 334 g/mol. The lowest BCUT2D eigenvalue weighted by atomic mass is 10.0. The number of hydrogen-bond acceptors (Lipinski definition) is 5. The lowest BCUT2D eigenvalue weighted by molar-refractivity contribution is 0.0595. The van der Waals surface area contributed by atoms with E-state index in [-0.39, 0.29) is 27.7 Å². The number of benzene rings is 1. The van der Waals surface area contributed by atoms with Crippen LogP contribution in [-0.4, -0.2) is 24.9 Å². The van der Waals surface area contributed by atoms with Gasteiger partial charge >= 0.3 is 5.97 Å². The average molecular weight is 345 g/mol. The summed E-state index contributed by atoms with van der Waals surface area (Å²) in [7, 11) is 1.21. The molecule has 0 fully saturated rings. The first kappa shape index (κ1) is 16.3. The van der Waals surface area contributed by atoms with Crippen molar-refractivity contribution in [2.24, 2.45) is 0 Å². The summed E-state index contributed by atoms with van der Waals surface area (Å²) in [6.45, 7) is -1.07. The van der Waals surface area contributed by atoms with Crippen LogP contribution >= 0.6 is 23.2 Å². The van der Waals surface area contributed by atoms with E-state index in [0.717, 1.165) is 0 Å². The Hall–Kier alpha value is -2.05. The first-order chi connectivity index (χ1) is 10.5. The molecule has 5 nitrogen and oxygen atoms in total. The molecule has 0 aliphatic rings. The van der Waals surface area contributed by atoms with Gasteiger partial charge in [-0.1, -0.05) is 23.2 Å². The first-order valence-electron chi connectivity index (χ1n) is 6.00. The van der Waals surface area contributed by atoms with E-state index in [1.54, 1.807) is 6.07 Å². The number of pyridine rings is 1. The minimum absolute atomic E-state index is 0.0598. The molecule has 2 rings (SSSR count). The number of carbonyl (C=O) groups is 1. The van der Waals surface area contributed by atoms with Crippen molar-refractivity contribution in [3.63, 3.8) is 0 Å². The third kappa shape index (κ3) is 3.08. The van der Waals surface area contributed by atoms with Crippen molar-refractivity contribution in [3.8, 4) is 16.9 Å². The van der Waals surface area contributed by atoms with Gasteiger partial charge in [0.25, 0.3) is 0 Å². The normalized spacial score (nSPS) is 10.4. The van der Waals surface area contributed by atoms with E-state index in [4.69, 9.17) is 33.7 Å². The summed E-state index contributed by atoms with van der Waals surface area (Å²) >= 11 is 11.8. The number of nitrogen functional groups attached to an aromatic ring is 1. The molecule has 0 atom stereocenters. The SMILES string of the molecule is COC(=O)c1ncc(Cl)c(N)c1-c1ccc(Cl)cc1OCF. The molecule has 0 unspecified atom stereocenters. The molecule has 8 heteroatoms. The number of aromatic nitrogens is 1. The van der Waals surface area contributed by atoms with Crippen molar-refractivity contribution in [2.75, 3.05) is 19.7 Å². The highest BCUT2D eigenvalue weighted by atomic mass is 35.5. The standard InChI is InChI=1S/C14H11Cl2FN2O3/c1-21-14(20)13-11(12(18)9(16)5-19-13)8-3-2-7(15)4-10(8)22-6-17/h2-5H,6H2,1H3,(H2,18,19). The number of nitrogens with zero attached hydrogens (tertiary/aromatic N) is 1. The molecule has 0 amide bonds. The fourth-order valence-electron chi connectivity index (χ4n) is 1.91. The minimum Gasteiger partial charge on any atom is -0.464 e. The summed E-state index contributed by atoms with van der Waals surface area (Å²) in [6, 6.07) is 4.48. The molecule has 0 radical (unpaired) electrons. The number of ether oxygens (including phenoxy) is 2. The monoisotopic (exact) mass is 344 g/mol. The quantitative estimate of drug-likeness (QED) is 0.855. The van der Waals surface area contributed by atoms with E-state index in [1.807, 2.05) is 0 Å². The molecule has 2 aromatic rings. The highest BCUT2D eigenvalue weighted by molar-refractivity contribution is 6.34. The van der Waals surface area contributed by atoms with E-state index in [0.29, 0.717) is 10.6 Å². The topological polar surface area (TPSA) is 74.4 Å². The van der Waals surface area contributed by atoms with Crippen LogP contribution in [0.5, 0.6) is 5.75 Å². The van der Waals surface area contributed by atoms with Crippen LogP contribution in [0.1, 0.15) is 10.5 Å². The zero-order chi connectivity index (χ0) is 16.3. The number of halogens is 3.